The van der Waals surface area contributed by atoms with Crippen molar-refractivity contribution in [1.29, 1.82) is 0 Å². The Hall–Kier alpha value is 1.73. The standard InChI is InChI=1S/C4H11O3P.Eu/c1-3-7-8(5,6)4-2;/h3-4H2,1-2H3,(H,5,6);. The summed E-state index contributed by atoms with van der Waals surface area (Å²) < 4.78 is 15.0. The zero-order valence-corrected chi connectivity index (χ0v) is 8.82. The molecule has 3 nitrogen and oxygen atoms in total. The van der Waals surface area contributed by atoms with Gasteiger partial charge in [0.05, 0.1) is 6.61 Å². The second kappa shape index (κ2) is 6.44. The van der Waals surface area contributed by atoms with Crippen LogP contribution in [-0.2, 0) is 9.09 Å². The first-order valence-corrected chi connectivity index (χ1v) is 4.35. The molecular formula is C4H11EuO3P. The Morgan fingerprint density at radius 2 is 2.00 bits per heavy atom. The SMILES string of the molecule is CCOP(=O)(O)CC.[Eu]. The monoisotopic (exact) mass is 291 g/mol. The molecule has 0 aromatic carbocycles. The fourth-order valence-electron chi connectivity index (χ4n) is 0.293. The molecule has 0 amide bonds. The largest absolute Gasteiger partial charge is 0.327 e. The third-order valence-corrected chi connectivity index (χ3v) is 2.19. The molecule has 0 fully saturated rings. The second-order valence-electron chi connectivity index (χ2n) is 1.37. The molecule has 0 bridgehead atoms. The number of hydrogen-bond acceptors (Lipinski definition) is 2. The minimum Gasteiger partial charge on any atom is -0.324 e. The summed E-state index contributed by atoms with van der Waals surface area (Å²) in [5.41, 5.74) is 0. The number of hydrogen-bond donors (Lipinski definition) is 1. The minimum atomic E-state index is -3.17. The van der Waals surface area contributed by atoms with Crippen molar-refractivity contribution < 1.29 is 63.4 Å². The predicted octanol–water partition coefficient (Wildman–Crippen LogP) is 1.23. The minimum absolute atomic E-state index is 0. The molecule has 0 saturated heterocycles. The van der Waals surface area contributed by atoms with Crippen LogP contribution in [0.3, 0.4) is 0 Å². The van der Waals surface area contributed by atoms with Gasteiger partial charge in [0, 0.05) is 55.5 Å². The maximum atomic E-state index is 10.5. The molecule has 1 unspecified atom stereocenters. The van der Waals surface area contributed by atoms with Crippen molar-refractivity contribution in [1.82, 2.24) is 0 Å². The van der Waals surface area contributed by atoms with Gasteiger partial charge in [0.1, 0.15) is 0 Å². The van der Waals surface area contributed by atoms with E-state index in [1.807, 2.05) is 0 Å². The average molecular weight is 290 g/mol. The molecule has 0 rings (SSSR count). The van der Waals surface area contributed by atoms with Crippen molar-refractivity contribution in [2.45, 2.75) is 13.8 Å². The Kier molecular flexibility index (Phi) is 9.55. The van der Waals surface area contributed by atoms with Crippen molar-refractivity contribution >= 4 is 7.60 Å². The first kappa shape index (κ1) is 13.3. The molecule has 57 valence electrons. The van der Waals surface area contributed by atoms with Crippen LogP contribution in [-0.4, -0.2) is 17.7 Å². The normalized spacial score (nSPS) is 15.9. The fourth-order valence-corrected chi connectivity index (χ4v) is 0.879. The van der Waals surface area contributed by atoms with Gasteiger partial charge in [-0.3, -0.25) is 4.57 Å². The maximum absolute atomic E-state index is 10.5. The van der Waals surface area contributed by atoms with Crippen molar-refractivity contribution in [3.05, 3.63) is 0 Å². The summed E-state index contributed by atoms with van der Waals surface area (Å²) in [7, 11) is -3.17. The second-order valence-corrected chi connectivity index (χ2v) is 3.54. The van der Waals surface area contributed by atoms with Gasteiger partial charge in [0.25, 0.3) is 0 Å². The van der Waals surface area contributed by atoms with Gasteiger partial charge in [0.2, 0.25) is 0 Å². The van der Waals surface area contributed by atoms with Gasteiger partial charge in [-0.1, -0.05) is 6.92 Å². The molecule has 1 N–H and O–H groups in total. The van der Waals surface area contributed by atoms with Gasteiger partial charge in [0.15, 0.2) is 0 Å². The molecule has 0 aromatic rings. The van der Waals surface area contributed by atoms with Gasteiger partial charge in [-0.05, 0) is 6.92 Å². The fraction of sp³-hybridized carbons (Fsp3) is 1.00. The average Bonchev–Trinajstić information content (AvgIpc) is 1.67. The van der Waals surface area contributed by atoms with Crippen LogP contribution in [0.5, 0.6) is 0 Å². The van der Waals surface area contributed by atoms with Crippen LogP contribution in [0.2, 0.25) is 0 Å². The van der Waals surface area contributed by atoms with Crippen LogP contribution >= 0.6 is 7.60 Å². The first-order valence-electron chi connectivity index (χ1n) is 2.58. The van der Waals surface area contributed by atoms with Crippen LogP contribution in [0.4, 0.5) is 0 Å². The summed E-state index contributed by atoms with van der Waals surface area (Å²) in [5.74, 6) is 0. The summed E-state index contributed by atoms with van der Waals surface area (Å²) in [6.07, 6.45) is 0.195. The van der Waals surface area contributed by atoms with E-state index in [0.29, 0.717) is 6.61 Å². The Balaban J connectivity index is 0. The van der Waals surface area contributed by atoms with Crippen molar-refractivity contribution in [2.24, 2.45) is 0 Å². The number of rotatable bonds is 3. The van der Waals surface area contributed by atoms with Crippen LogP contribution in [0.15, 0.2) is 0 Å². The summed E-state index contributed by atoms with van der Waals surface area (Å²) >= 11 is 0. The van der Waals surface area contributed by atoms with Crippen molar-refractivity contribution in [3.8, 4) is 0 Å². The summed E-state index contributed by atoms with van der Waals surface area (Å²) in [4.78, 5) is 8.66. The summed E-state index contributed by atoms with van der Waals surface area (Å²) in [6, 6.07) is 0. The molecule has 0 aliphatic heterocycles. The molecule has 0 saturated carbocycles. The van der Waals surface area contributed by atoms with E-state index in [1.165, 1.54) is 0 Å². The van der Waals surface area contributed by atoms with Crippen LogP contribution < -0.4 is 0 Å². The van der Waals surface area contributed by atoms with E-state index >= 15 is 0 Å². The Bertz CT molecular complexity index is 106. The molecule has 0 spiro atoms. The predicted molar refractivity (Wildman–Crippen MR) is 32.0 cm³/mol. The molecule has 0 aromatic heterocycles. The van der Waals surface area contributed by atoms with E-state index in [1.54, 1.807) is 13.8 Å². The third-order valence-electron chi connectivity index (χ3n) is 0.730. The molecule has 0 aliphatic rings. The van der Waals surface area contributed by atoms with E-state index in [9.17, 15) is 4.57 Å². The van der Waals surface area contributed by atoms with E-state index in [0.717, 1.165) is 0 Å². The van der Waals surface area contributed by atoms with E-state index in [4.69, 9.17) is 4.89 Å². The maximum Gasteiger partial charge on any atom is 0.327 e. The van der Waals surface area contributed by atoms with Crippen molar-refractivity contribution in [2.75, 3.05) is 12.8 Å². The van der Waals surface area contributed by atoms with Crippen LogP contribution in [0.25, 0.3) is 0 Å². The van der Waals surface area contributed by atoms with Gasteiger partial charge < -0.3 is 9.42 Å². The van der Waals surface area contributed by atoms with E-state index in [2.05, 4.69) is 4.52 Å². The molecule has 9 heavy (non-hydrogen) atoms. The van der Waals surface area contributed by atoms with E-state index in [-0.39, 0.29) is 55.5 Å². The first-order chi connectivity index (χ1) is 3.62. The molecule has 0 aliphatic carbocycles. The molecule has 1 atom stereocenters. The Labute approximate surface area is 96.2 Å². The van der Waals surface area contributed by atoms with Gasteiger partial charge >= 0.3 is 7.60 Å². The van der Waals surface area contributed by atoms with Gasteiger partial charge in [-0.15, -0.1) is 0 Å². The van der Waals surface area contributed by atoms with Gasteiger partial charge in [-0.25, -0.2) is 0 Å². The summed E-state index contributed by atoms with van der Waals surface area (Å²) in [5, 5.41) is 0. The van der Waals surface area contributed by atoms with E-state index < -0.39 is 7.60 Å². The summed E-state index contributed by atoms with van der Waals surface area (Å²) in [6.45, 7) is 3.62. The molecule has 0 heterocycles. The smallest absolute Gasteiger partial charge is 0.324 e. The molecule has 5 heteroatoms. The van der Waals surface area contributed by atoms with Crippen LogP contribution in [0, 0.1) is 49.4 Å². The Morgan fingerprint density at radius 3 is 2.11 bits per heavy atom. The topological polar surface area (TPSA) is 46.5 Å². The third kappa shape index (κ3) is 7.63. The molecule has 1 radical (unpaired) electrons. The molecular weight excluding hydrogens is 279 g/mol. The Morgan fingerprint density at radius 1 is 1.56 bits per heavy atom. The van der Waals surface area contributed by atoms with Gasteiger partial charge in [-0.2, -0.15) is 0 Å². The zero-order valence-electron chi connectivity index (χ0n) is 5.50. The van der Waals surface area contributed by atoms with Crippen LogP contribution in [0.1, 0.15) is 13.8 Å². The van der Waals surface area contributed by atoms with Crippen molar-refractivity contribution in [3.63, 3.8) is 0 Å². The quantitative estimate of drug-likeness (QED) is 0.795. The zero-order chi connectivity index (χ0) is 6.62.